The molecule has 0 unspecified atom stereocenters. The van der Waals surface area contributed by atoms with E-state index >= 15 is 0 Å². The molecule has 2 rings (SSSR count). The predicted molar refractivity (Wildman–Crippen MR) is 88.9 cm³/mol. The van der Waals surface area contributed by atoms with E-state index in [0.29, 0.717) is 38.2 Å². The third kappa shape index (κ3) is 4.45. The molecule has 1 amide bonds. The Kier molecular flexibility index (Phi) is 6.17. The van der Waals surface area contributed by atoms with Gasteiger partial charge < -0.3 is 9.64 Å². The van der Waals surface area contributed by atoms with Crippen molar-refractivity contribution in [1.29, 1.82) is 0 Å². The maximum Gasteiger partial charge on any atom is 0.227 e. The molecule has 24 heavy (non-hydrogen) atoms. The maximum atomic E-state index is 13.7. The predicted octanol–water partition coefficient (Wildman–Crippen LogP) is 1.26. The summed E-state index contributed by atoms with van der Waals surface area (Å²) in [4.78, 5) is 14.1. The summed E-state index contributed by atoms with van der Waals surface area (Å²) in [5, 5.41) is 0. The topological polar surface area (TPSA) is 66.9 Å². The minimum absolute atomic E-state index is 0.0616. The molecule has 0 spiro atoms. The fraction of sp³-hybridized carbons (Fsp3) is 0.562. The SMILES string of the molecule is CCS(=O)(=O)N1CCCN(C(=O)Cc2ccc(OC)c(F)c2)CC1. The first-order valence-electron chi connectivity index (χ1n) is 7.95. The second-order valence-electron chi connectivity index (χ2n) is 5.68. The number of amides is 1. The molecule has 1 aromatic rings. The number of ether oxygens (including phenoxy) is 1. The quantitative estimate of drug-likeness (QED) is 0.795. The van der Waals surface area contributed by atoms with E-state index in [2.05, 4.69) is 0 Å². The number of carbonyl (C=O) groups excluding carboxylic acids is 1. The number of nitrogens with zero attached hydrogens (tertiary/aromatic N) is 2. The highest BCUT2D eigenvalue weighted by molar-refractivity contribution is 7.89. The van der Waals surface area contributed by atoms with E-state index in [4.69, 9.17) is 4.74 Å². The van der Waals surface area contributed by atoms with Crippen molar-refractivity contribution in [2.45, 2.75) is 19.8 Å². The van der Waals surface area contributed by atoms with Crippen LogP contribution in [-0.4, -0.2) is 62.6 Å². The highest BCUT2D eigenvalue weighted by Crippen LogP contribution is 2.18. The Morgan fingerprint density at radius 1 is 1.25 bits per heavy atom. The third-order valence-corrected chi connectivity index (χ3v) is 6.02. The number of hydrogen-bond acceptors (Lipinski definition) is 4. The van der Waals surface area contributed by atoms with Gasteiger partial charge >= 0.3 is 0 Å². The summed E-state index contributed by atoms with van der Waals surface area (Å²) in [6.45, 7) is 3.21. The van der Waals surface area contributed by atoms with Crippen LogP contribution in [-0.2, 0) is 21.2 Å². The zero-order valence-electron chi connectivity index (χ0n) is 14.0. The molecule has 1 fully saturated rings. The maximum absolute atomic E-state index is 13.7. The molecule has 0 N–H and O–H groups in total. The lowest BCUT2D eigenvalue weighted by molar-refractivity contribution is -0.130. The molecule has 0 bridgehead atoms. The van der Waals surface area contributed by atoms with Crippen LogP contribution < -0.4 is 4.74 Å². The first kappa shape index (κ1) is 18.7. The van der Waals surface area contributed by atoms with Crippen molar-refractivity contribution >= 4 is 15.9 Å². The Morgan fingerprint density at radius 3 is 2.62 bits per heavy atom. The van der Waals surface area contributed by atoms with E-state index in [1.54, 1.807) is 17.9 Å². The second-order valence-corrected chi connectivity index (χ2v) is 7.94. The van der Waals surface area contributed by atoms with Gasteiger partial charge in [0.25, 0.3) is 0 Å². The van der Waals surface area contributed by atoms with Gasteiger partial charge in [-0.3, -0.25) is 4.79 Å². The first-order valence-corrected chi connectivity index (χ1v) is 9.56. The molecule has 1 aliphatic heterocycles. The Labute approximate surface area is 142 Å². The standard InChI is InChI=1S/C16H23FN2O4S/c1-3-24(21,22)19-8-4-7-18(9-10-19)16(20)12-13-5-6-15(23-2)14(17)11-13/h5-6,11H,3-4,7-10,12H2,1-2H3. The Hall–Kier alpha value is -1.67. The van der Waals surface area contributed by atoms with E-state index < -0.39 is 15.8 Å². The minimum Gasteiger partial charge on any atom is -0.494 e. The molecule has 0 atom stereocenters. The zero-order valence-corrected chi connectivity index (χ0v) is 14.8. The monoisotopic (exact) mass is 358 g/mol. The molecule has 0 radical (unpaired) electrons. The van der Waals surface area contributed by atoms with Crippen LogP contribution in [0.4, 0.5) is 4.39 Å². The summed E-state index contributed by atoms with van der Waals surface area (Å²) in [6, 6.07) is 4.45. The number of sulfonamides is 1. The van der Waals surface area contributed by atoms with E-state index in [1.165, 1.54) is 23.5 Å². The summed E-state index contributed by atoms with van der Waals surface area (Å²) in [5.74, 6) is -0.429. The van der Waals surface area contributed by atoms with Crippen LogP contribution in [0.1, 0.15) is 18.9 Å². The molecule has 1 aromatic carbocycles. The van der Waals surface area contributed by atoms with Crippen LogP contribution in [0.25, 0.3) is 0 Å². The van der Waals surface area contributed by atoms with Gasteiger partial charge in [0, 0.05) is 26.2 Å². The van der Waals surface area contributed by atoms with E-state index in [0.717, 1.165) is 0 Å². The van der Waals surface area contributed by atoms with E-state index in [-0.39, 0.29) is 23.8 Å². The van der Waals surface area contributed by atoms with Gasteiger partial charge in [-0.05, 0) is 31.0 Å². The van der Waals surface area contributed by atoms with Crippen molar-refractivity contribution in [2.24, 2.45) is 0 Å². The van der Waals surface area contributed by atoms with Crippen molar-refractivity contribution in [3.8, 4) is 5.75 Å². The van der Waals surface area contributed by atoms with Crippen molar-refractivity contribution in [3.63, 3.8) is 0 Å². The molecule has 6 nitrogen and oxygen atoms in total. The number of halogens is 1. The van der Waals surface area contributed by atoms with Crippen LogP contribution >= 0.6 is 0 Å². The molecule has 1 aliphatic rings. The van der Waals surface area contributed by atoms with Gasteiger partial charge in [0.1, 0.15) is 0 Å². The van der Waals surface area contributed by atoms with Gasteiger partial charge in [-0.15, -0.1) is 0 Å². The number of methoxy groups -OCH3 is 1. The van der Waals surface area contributed by atoms with Gasteiger partial charge in [-0.2, -0.15) is 0 Å². The van der Waals surface area contributed by atoms with Gasteiger partial charge in [0.2, 0.25) is 15.9 Å². The summed E-state index contributed by atoms with van der Waals surface area (Å²) in [7, 11) is -1.85. The van der Waals surface area contributed by atoms with Crippen LogP contribution in [0.3, 0.4) is 0 Å². The summed E-state index contributed by atoms with van der Waals surface area (Å²) in [5.41, 5.74) is 0.570. The van der Waals surface area contributed by atoms with E-state index in [1.807, 2.05) is 0 Å². The molecule has 1 saturated heterocycles. The normalized spacial score (nSPS) is 16.7. The van der Waals surface area contributed by atoms with Crippen molar-refractivity contribution in [2.75, 3.05) is 39.0 Å². The fourth-order valence-corrected chi connectivity index (χ4v) is 3.84. The molecular formula is C16H23FN2O4S. The average Bonchev–Trinajstić information content (AvgIpc) is 2.81. The Balaban J connectivity index is 1.99. The van der Waals surface area contributed by atoms with E-state index in [9.17, 15) is 17.6 Å². The lowest BCUT2D eigenvalue weighted by Crippen LogP contribution is -2.38. The smallest absolute Gasteiger partial charge is 0.227 e. The van der Waals surface area contributed by atoms with Gasteiger partial charge in [-0.25, -0.2) is 17.1 Å². The average molecular weight is 358 g/mol. The molecular weight excluding hydrogens is 335 g/mol. The third-order valence-electron chi connectivity index (χ3n) is 4.14. The molecule has 0 aliphatic carbocycles. The summed E-state index contributed by atoms with van der Waals surface area (Å²) >= 11 is 0. The van der Waals surface area contributed by atoms with Crippen molar-refractivity contribution < 1.29 is 22.3 Å². The first-order chi connectivity index (χ1) is 11.4. The van der Waals surface area contributed by atoms with Gasteiger partial charge in [0.05, 0.1) is 19.3 Å². The highest BCUT2D eigenvalue weighted by Gasteiger charge is 2.25. The Bertz CT molecular complexity index is 693. The van der Waals surface area contributed by atoms with Crippen LogP contribution in [0.15, 0.2) is 18.2 Å². The largest absolute Gasteiger partial charge is 0.494 e. The molecule has 1 heterocycles. The van der Waals surface area contributed by atoms with Crippen molar-refractivity contribution in [3.05, 3.63) is 29.6 Å². The Morgan fingerprint density at radius 2 is 2.00 bits per heavy atom. The molecule has 8 heteroatoms. The minimum atomic E-state index is -3.23. The number of rotatable bonds is 5. The summed E-state index contributed by atoms with van der Waals surface area (Å²) in [6.07, 6.45) is 0.684. The second kappa shape index (κ2) is 7.94. The molecule has 134 valence electrons. The lowest BCUT2D eigenvalue weighted by atomic mass is 10.1. The molecule has 0 saturated carbocycles. The van der Waals surface area contributed by atoms with Crippen LogP contribution in [0.2, 0.25) is 0 Å². The lowest BCUT2D eigenvalue weighted by Gasteiger charge is -2.21. The molecule has 0 aromatic heterocycles. The summed E-state index contributed by atoms with van der Waals surface area (Å²) < 4.78 is 43.9. The number of hydrogen-bond donors (Lipinski definition) is 0. The zero-order chi connectivity index (χ0) is 17.7. The van der Waals surface area contributed by atoms with Gasteiger partial charge in [0.15, 0.2) is 11.6 Å². The number of carbonyl (C=O) groups is 1. The fourth-order valence-electron chi connectivity index (χ4n) is 2.71. The highest BCUT2D eigenvalue weighted by atomic mass is 32.2. The van der Waals surface area contributed by atoms with Crippen molar-refractivity contribution in [1.82, 2.24) is 9.21 Å². The number of benzene rings is 1. The van der Waals surface area contributed by atoms with Crippen LogP contribution in [0.5, 0.6) is 5.75 Å². The van der Waals surface area contributed by atoms with Crippen LogP contribution in [0, 0.1) is 5.82 Å². The van der Waals surface area contributed by atoms with Gasteiger partial charge in [-0.1, -0.05) is 6.07 Å².